The molecule has 4 rings (SSSR count). The number of nitrogens with one attached hydrogen (secondary N) is 1. The molecule has 0 atom stereocenters. The summed E-state index contributed by atoms with van der Waals surface area (Å²) < 4.78 is 5.73. The van der Waals surface area contributed by atoms with Crippen molar-refractivity contribution >= 4 is 6.09 Å². The molecule has 0 spiro atoms. The number of ether oxygens (including phenoxy) is 1. The van der Waals surface area contributed by atoms with Gasteiger partial charge in [-0.05, 0) is 31.4 Å². The molecule has 0 aliphatic heterocycles. The third kappa shape index (κ3) is 1.73. The Morgan fingerprint density at radius 3 is 2.53 bits per heavy atom. The number of carboxylic acid groups (broad SMARTS) is 1. The zero-order valence-electron chi connectivity index (χ0n) is 9.48. The van der Waals surface area contributed by atoms with Gasteiger partial charge in [-0.2, -0.15) is 0 Å². The van der Waals surface area contributed by atoms with Gasteiger partial charge in [-0.1, -0.05) is 18.2 Å². The van der Waals surface area contributed by atoms with Gasteiger partial charge in [0.2, 0.25) is 0 Å². The molecule has 3 aliphatic carbocycles. The van der Waals surface area contributed by atoms with Gasteiger partial charge < -0.3 is 15.2 Å². The van der Waals surface area contributed by atoms with Crippen molar-refractivity contribution in [2.24, 2.45) is 5.41 Å². The van der Waals surface area contributed by atoms with Crippen molar-refractivity contribution in [1.82, 2.24) is 5.32 Å². The van der Waals surface area contributed by atoms with Crippen LogP contribution in [-0.2, 0) is 0 Å². The van der Waals surface area contributed by atoms with E-state index in [4.69, 9.17) is 9.84 Å². The predicted octanol–water partition coefficient (Wildman–Crippen LogP) is 2.26. The standard InChI is InChI=1S/C13H15NO3/c15-11(16)14-13-6-12(7-13,8-13)9-17-10-4-2-1-3-5-10/h1-5,14H,6-9H2,(H,15,16). The molecule has 0 heterocycles. The van der Waals surface area contributed by atoms with E-state index in [9.17, 15) is 4.79 Å². The molecule has 2 N–H and O–H groups in total. The van der Waals surface area contributed by atoms with Crippen molar-refractivity contribution in [2.45, 2.75) is 24.8 Å². The van der Waals surface area contributed by atoms with Gasteiger partial charge in [-0.25, -0.2) is 4.79 Å². The molecule has 3 saturated carbocycles. The number of hydrogen-bond acceptors (Lipinski definition) is 2. The first-order valence-electron chi connectivity index (χ1n) is 5.81. The fourth-order valence-electron chi connectivity index (χ4n) is 3.26. The van der Waals surface area contributed by atoms with E-state index in [1.807, 2.05) is 30.3 Å². The number of benzene rings is 1. The average Bonchev–Trinajstić information content (AvgIpc) is 2.21. The van der Waals surface area contributed by atoms with Gasteiger partial charge in [-0.15, -0.1) is 0 Å². The second-order valence-electron chi connectivity index (χ2n) is 5.34. The summed E-state index contributed by atoms with van der Waals surface area (Å²) in [5.41, 5.74) is 0.0875. The molecular weight excluding hydrogens is 218 g/mol. The minimum atomic E-state index is -0.915. The number of amides is 1. The molecule has 0 aromatic heterocycles. The van der Waals surface area contributed by atoms with Gasteiger partial charge in [0.25, 0.3) is 0 Å². The van der Waals surface area contributed by atoms with Crippen molar-refractivity contribution in [1.29, 1.82) is 0 Å². The monoisotopic (exact) mass is 233 g/mol. The highest BCUT2D eigenvalue weighted by atomic mass is 16.5. The van der Waals surface area contributed by atoms with Crippen LogP contribution in [0.2, 0.25) is 0 Å². The summed E-state index contributed by atoms with van der Waals surface area (Å²) in [5.74, 6) is 0.887. The highest BCUT2D eigenvalue weighted by Crippen LogP contribution is 2.67. The number of hydrogen-bond donors (Lipinski definition) is 2. The molecule has 0 saturated heterocycles. The first-order valence-corrected chi connectivity index (χ1v) is 5.81. The largest absolute Gasteiger partial charge is 0.493 e. The molecule has 4 heteroatoms. The Kier molecular flexibility index (Phi) is 2.08. The number of rotatable bonds is 4. The van der Waals surface area contributed by atoms with Gasteiger partial charge in [0.15, 0.2) is 0 Å². The normalized spacial score (nSPS) is 33.2. The van der Waals surface area contributed by atoms with E-state index in [0.29, 0.717) is 6.61 Å². The van der Waals surface area contributed by atoms with Crippen LogP contribution in [0.1, 0.15) is 19.3 Å². The molecule has 2 bridgehead atoms. The van der Waals surface area contributed by atoms with Crippen LogP contribution >= 0.6 is 0 Å². The van der Waals surface area contributed by atoms with Crippen LogP contribution in [0.4, 0.5) is 4.79 Å². The van der Waals surface area contributed by atoms with E-state index in [0.717, 1.165) is 25.0 Å². The van der Waals surface area contributed by atoms with Crippen LogP contribution in [0.3, 0.4) is 0 Å². The second kappa shape index (κ2) is 3.39. The average molecular weight is 233 g/mol. The lowest BCUT2D eigenvalue weighted by atomic mass is 9.39. The molecule has 1 aromatic carbocycles. The molecule has 1 amide bonds. The molecule has 0 unspecified atom stereocenters. The lowest BCUT2D eigenvalue weighted by Crippen LogP contribution is -2.76. The van der Waals surface area contributed by atoms with E-state index < -0.39 is 6.09 Å². The summed E-state index contributed by atoms with van der Waals surface area (Å²) in [7, 11) is 0. The summed E-state index contributed by atoms with van der Waals surface area (Å²) in [4.78, 5) is 10.6. The molecular formula is C13H15NO3. The summed E-state index contributed by atoms with van der Waals surface area (Å²) in [6, 6.07) is 9.74. The van der Waals surface area contributed by atoms with E-state index >= 15 is 0 Å². The highest BCUT2D eigenvalue weighted by Gasteiger charge is 2.69. The van der Waals surface area contributed by atoms with Gasteiger partial charge in [0, 0.05) is 11.0 Å². The van der Waals surface area contributed by atoms with Gasteiger partial charge in [0.1, 0.15) is 5.75 Å². The van der Waals surface area contributed by atoms with Crippen molar-refractivity contribution in [3.63, 3.8) is 0 Å². The maximum atomic E-state index is 10.6. The fourth-order valence-corrected chi connectivity index (χ4v) is 3.26. The molecule has 4 nitrogen and oxygen atoms in total. The Morgan fingerprint density at radius 2 is 1.94 bits per heavy atom. The van der Waals surface area contributed by atoms with E-state index in [2.05, 4.69) is 5.32 Å². The van der Waals surface area contributed by atoms with Gasteiger partial charge in [0.05, 0.1) is 6.61 Å². The number of para-hydroxylation sites is 1. The molecule has 3 fully saturated rings. The maximum Gasteiger partial charge on any atom is 0.405 e. The first kappa shape index (κ1) is 10.4. The van der Waals surface area contributed by atoms with Gasteiger partial charge in [-0.3, -0.25) is 0 Å². The Labute approximate surface area is 99.6 Å². The smallest absolute Gasteiger partial charge is 0.405 e. The molecule has 0 radical (unpaired) electrons. The van der Waals surface area contributed by atoms with Crippen molar-refractivity contribution in [2.75, 3.05) is 6.61 Å². The van der Waals surface area contributed by atoms with Crippen LogP contribution in [0.25, 0.3) is 0 Å². The zero-order chi connectivity index (χ0) is 11.9. The Bertz CT molecular complexity index is 423. The van der Waals surface area contributed by atoms with Crippen molar-refractivity contribution in [3.05, 3.63) is 30.3 Å². The zero-order valence-corrected chi connectivity index (χ0v) is 9.48. The summed E-state index contributed by atoms with van der Waals surface area (Å²) in [5, 5.41) is 11.3. The minimum absolute atomic E-state index is 0.133. The van der Waals surface area contributed by atoms with Crippen LogP contribution in [-0.4, -0.2) is 23.3 Å². The van der Waals surface area contributed by atoms with Crippen LogP contribution in [0.15, 0.2) is 30.3 Å². The van der Waals surface area contributed by atoms with E-state index in [1.165, 1.54) is 0 Å². The first-order chi connectivity index (χ1) is 8.12. The topological polar surface area (TPSA) is 58.6 Å². The summed E-state index contributed by atoms with van der Waals surface area (Å²) in [6.07, 6.45) is 1.83. The lowest BCUT2D eigenvalue weighted by Gasteiger charge is -2.69. The SMILES string of the molecule is O=C(O)NC12CC(COc3ccccc3)(C1)C2. The molecule has 90 valence electrons. The Balaban J connectivity index is 1.50. The predicted molar refractivity (Wildman–Crippen MR) is 62.1 cm³/mol. The van der Waals surface area contributed by atoms with Crippen LogP contribution in [0.5, 0.6) is 5.75 Å². The third-order valence-corrected chi connectivity index (χ3v) is 3.80. The second-order valence-corrected chi connectivity index (χ2v) is 5.34. The molecule has 3 aliphatic rings. The number of carbonyl (C=O) groups is 1. The summed E-state index contributed by atoms with van der Waals surface area (Å²) in [6.45, 7) is 0.695. The Hall–Kier alpha value is -1.71. The highest BCUT2D eigenvalue weighted by molar-refractivity contribution is 5.66. The summed E-state index contributed by atoms with van der Waals surface area (Å²) >= 11 is 0. The van der Waals surface area contributed by atoms with Crippen LogP contribution in [0, 0.1) is 5.41 Å². The maximum absolute atomic E-state index is 10.6. The fraction of sp³-hybridized carbons (Fsp3) is 0.462. The van der Waals surface area contributed by atoms with Crippen LogP contribution < -0.4 is 10.1 Å². The Morgan fingerprint density at radius 1 is 1.29 bits per heavy atom. The quantitative estimate of drug-likeness (QED) is 0.838. The van der Waals surface area contributed by atoms with Crippen molar-refractivity contribution < 1.29 is 14.6 Å². The van der Waals surface area contributed by atoms with E-state index in [-0.39, 0.29) is 11.0 Å². The molecule has 17 heavy (non-hydrogen) atoms. The van der Waals surface area contributed by atoms with E-state index in [1.54, 1.807) is 0 Å². The lowest BCUT2D eigenvalue weighted by molar-refractivity contribution is -0.168. The molecule has 1 aromatic rings. The third-order valence-electron chi connectivity index (χ3n) is 3.80. The van der Waals surface area contributed by atoms with Crippen molar-refractivity contribution in [3.8, 4) is 5.75 Å². The van der Waals surface area contributed by atoms with Gasteiger partial charge >= 0.3 is 6.09 Å². The minimum Gasteiger partial charge on any atom is -0.493 e.